The largest absolute Gasteiger partial charge is 0.491 e. The number of nitrogens with zero attached hydrogens (tertiary/aromatic N) is 1. The van der Waals surface area contributed by atoms with Gasteiger partial charge in [-0.15, -0.1) is 0 Å². The summed E-state index contributed by atoms with van der Waals surface area (Å²) in [6.45, 7) is 3.94. The highest BCUT2D eigenvalue weighted by atomic mass is 16.5. The fourth-order valence-electron chi connectivity index (χ4n) is 3.08. The lowest BCUT2D eigenvalue weighted by atomic mass is 10.0. The molecular weight excluding hydrogens is 402 g/mol. The molecule has 0 heterocycles. The molecule has 32 heavy (non-hydrogen) atoms. The van der Waals surface area contributed by atoms with Gasteiger partial charge in [0, 0.05) is 5.56 Å². The summed E-state index contributed by atoms with van der Waals surface area (Å²) in [4.78, 5) is 25.1. The average molecular weight is 430 g/mol. The van der Waals surface area contributed by atoms with Crippen molar-refractivity contribution in [1.82, 2.24) is 10.7 Å². The van der Waals surface area contributed by atoms with Gasteiger partial charge in [-0.05, 0) is 61.4 Å². The molecule has 0 saturated carbocycles. The van der Waals surface area contributed by atoms with Crippen LogP contribution in [0.1, 0.15) is 47.8 Å². The lowest BCUT2D eigenvalue weighted by molar-refractivity contribution is -0.121. The van der Waals surface area contributed by atoms with Crippen molar-refractivity contribution in [2.24, 2.45) is 5.10 Å². The Morgan fingerprint density at radius 1 is 0.906 bits per heavy atom. The van der Waals surface area contributed by atoms with E-state index in [1.165, 1.54) is 0 Å². The number of amides is 2. The Hall–Kier alpha value is -3.93. The van der Waals surface area contributed by atoms with Gasteiger partial charge < -0.3 is 10.1 Å². The summed E-state index contributed by atoms with van der Waals surface area (Å²) in [6, 6.07) is 25.3. The van der Waals surface area contributed by atoms with Crippen molar-refractivity contribution in [3.63, 3.8) is 0 Å². The maximum absolute atomic E-state index is 12.6. The number of hydrogen-bond acceptors (Lipinski definition) is 4. The minimum absolute atomic E-state index is 0.0566. The lowest BCUT2D eigenvalue weighted by Crippen LogP contribution is -2.32. The van der Waals surface area contributed by atoms with Crippen molar-refractivity contribution < 1.29 is 14.3 Å². The van der Waals surface area contributed by atoms with Crippen LogP contribution in [0.5, 0.6) is 5.75 Å². The Morgan fingerprint density at radius 2 is 1.53 bits per heavy atom. The highest BCUT2D eigenvalue weighted by Crippen LogP contribution is 2.18. The maximum Gasteiger partial charge on any atom is 0.251 e. The molecule has 0 radical (unpaired) electrons. The number of nitrogens with one attached hydrogen (secondary N) is 2. The van der Waals surface area contributed by atoms with Crippen LogP contribution in [0.3, 0.4) is 0 Å². The van der Waals surface area contributed by atoms with Crippen molar-refractivity contribution in [3.8, 4) is 5.75 Å². The highest BCUT2D eigenvalue weighted by molar-refractivity contribution is 5.94. The van der Waals surface area contributed by atoms with Gasteiger partial charge in [-0.2, -0.15) is 5.10 Å². The van der Waals surface area contributed by atoms with E-state index in [1.54, 1.807) is 30.5 Å². The first-order chi connectivity index (χ1) is 15.5. The Kier molecular flexibility index (Phi) is 8.15. The van der Waals surface area contributed by atoms with Gasteiger partial charge in [0.15, 0.2) is 0 Å². The molecule has 0 fully saturated rings. The zero-order valence-corrected chi connectivity index (χ0v) is 18.2. The molecule has 6 nitrogen and oxygen atoms in total. The molecule has 3 aromatic carbocycles. The summed E-state index contributed by atoms with van der Waals surface area (Å²) < 4.78 is 5.61. The Morgan fingerprint density at radius 3 is 2.16 bits per heavy atom. The zero-order valence-electron chi connectivity index (χ0n) is 18.2. The van der Waals surface area contributed by atoms with Crippen LogP contribution in [0.4, 0.5) is 0 Å². The van der Waals surface area contributed by atoms with Gasteiger partial charge in [0.05, 0.1) is 24.8 Å². The summed E-state index contributed by atoms with van der Waals surface area (Å²) in [7, 11) is 0. The van der Waals surface area contributed by atoms with Gasteiger partial charge in [-0.1, -0.05) is 48.5 Å². The van der Waals surface area contributed by atoms with E-state index in [0.29, 0.717) is 5.56 Å². The van der Waals surface area contributed by atoms with Crippen molar-refractivity contribution in [3.05, 3.63) is 102 Å². The molecule has 164 valence electrons. The van der Waals surface area contributed by atoms with E-state index in [2.05, 4.69) is 15.8 Å². The second-order valence-electron chi connectivity index (χ2n) is 7.54. The third-order valence-corrected chi connectivity index (χ3v) is 4.59. The number of benzene rings is 3. The van der Waals surface area contributed by atoms with Gasteiger partial charge in [0.1, 0.15) is 5.75 Å². The van der Waals surface area contributed by atoms with Crippen LogP contribution in [0.15, 0.2) is 90.0 Å². The predicted octanol–water partition coefficient (Wildman–Crippen LogP) is 4.49. The van der Waals surface area contributed by atoms with Gasteiger partial charge in [0.2, 0.25) is 5.91 Å². The molecule has 1 atom stereocenters. The molecule has 0 aliphatic carbocycles. The van der Waals surface area contributed by atoms with Crippen LogP contribution in [0, 0.1) is 0 Å². The summed E-state index contributed by atoms with van der Waals surface area (Å²) in [6.07, 6.45) is 1.73. The Labute approximate surface area is 188 Å². The summed E-state index contributed by atoms with van der Waals surface area (Å²) in [5, 5.41) is 6.98. The van der Waals surface area contributed by atoms with Crippen LogP contribution in [-0.4, -0.2) is 24.1 Å². The van der Waals surface area contributed by atoms with Crippen molar-refractivity contribution in [1.29, 1.82) is 0 Å². The lowest BCUT2D eigenvalue weighted by Gasteiger charge is -2.18. The van der Waals surface area contributed by atoms with Crippen molar-refractivity contribution in [2.75, 3.05) is 0 Å². The molecule has 6 heteroatoms. The van der Waals surface area contributed by atoms with Gasteiger partial charge in [-0.3, -0.25) is 9.59 Å². The van der Waals surface area contributed by atoms with Gasteiger partial charge >= 0.3 is 0 Å². The van der Waals surface area contributed by atoms with E-state index in [0.717, 1.165) is 16.9 Å². The molecule has 0 bridgehead atoms. The van der Waals surface area contributed by atoms with E-state index < -0.39 is 6.04 Å². The first-order valence-corrected chi connectivity index (χ1v) is 10.5. The molecule has 0 aliphatic heterocycles. The zero-order chi connectivity index (χ0) is 22.8. The monoisotopic (exact) mass is 429 g/mol. The summed E-state index contributed by atoms with van der Waals surface area (Å²) in [5.74, 6) is 0.240. The molecule has 0 aromatic heterocycles. The van der Waals surface area contributed by atoms with Gasteiger partial charge in [0.25, 0.3) is 5.91 Å². The quantitative estimate of drug-likeness (QED) is 0.389. The number of hydrazone groups is 1. The van der Waals surface area contributed by atoms with Crippen LogP contribution in [0.25, 0.3) is 0 Å². The van der Waals surface area contributed by atoms with E-state index in [4.69, 9.17) is 4.74 Å². The molecule has 3 rings (SSSR count). The first-order valence-electron chi connectivity index (χ1n) is 10.5. The number of hydrogen-bond donors (Lipinski definition) is 2. The second kappa shape index (κ2) is 11.5. The highest BCUT2D eigenvalue weighted by Gasteiger charge is 2.19. The SMILES string of the molecule is CC(C)Oc1ccc(/C=N\NC(=O)C[C@@H](NC(=O)c2ccccc2)c2ccccc2)cc1. The van der Waals surface area contributed by atoms with E-state index in [1.807, 2.05) is 74.5 Å². The van der Waals surface area contributed by atoms with E-state index >= 15 is 0 Å². The molecule has 0 saturated heterocycles. The smallest absolute Gasteiger partial charge is 0.251 e. The molecule has 0 aliphatic rings. The number of ether oxygens (including phenoxy) is 1. The number of carbonyl (C=O) groups is 2. The van der Waals surface area contributed by atoms with Crippen molar-refractivity contribution >= 4 is 18.0 Å². The van der Waals surface area contributed by atoms with Gasteiger partial charge in [-0.25, -0.2) is 5.43 Å². The molecule has 3 aromatic rings. The first kappa shape index (κ1) is 22.7. The van der Waals surface area contributed by atoms with E-state index in [-0.39, 0.29) is 24.3 Å². The summed E-state index contributed by atoms with van der Waals surface area (Å²) >= 11 is 0. The van der Waals surface area contributed by atoms with Crippen LogP contribution in [0.2, 0.25) is 0 Å². The maximum atomic E-state index is 12.6. The Bertz CT molecular complexity index is 1030. The minimum atomic E-state index is -0.480. The normalized spacial score (nSPS) is 11.8. The Balaban J connectivity index is 1.61. The molecule has 2 amide bonds. The minimum Gasteiger partial charge on any atom is -0.491 e. The fraction of sp³-hybridized carbons (Fsp3) is 0.192. The standard InChI is InChI=1S/C26H27N3O3/c1-19(2)32-23-15-13-20(14-16-23)18-27-29-25(30)17-24(21-9-5-3-6-10-21)28-26(31)22-11-7-4-8-12-22/h3-16,18-19,24H,17H2,1-2H3,(H,28,31)(H,29,30)/b27-18-/t24-/m1/s1. The molecule has 0 unspecified atom stereocenters. The fourth-order valence-corrected chi connectivity index (χ4v) is 3.08. The predicted molar refractivity (Wildman–Crippen MR) is 126 cm³/mol. The number of rotatable bonds is 9. The van der Waals surface area contributed by atoms with Crippen LogP contribution in [-0.2, 0) is 4.79 Å². The third kappa shape index (κ3) is 7.09. The number of carbonyl (C=O) groups excluding carboxylic acids is 2. The van der Waals surface area contributed by atoms with Crippen LogP contribution < -0.4 is 15.5 Å². The second-order valence-corrected chi connectivity index (χ2v) is 7.54. The molecule has 2 N–H and O–H groups in total. The third-order valence-electron chi connectivity index (χ3n) is 4.59. The molecular formula is C26H27N3O3. The van der Waals surface area contributed by atoms with E-state index in [9.17, 15) is 9.59 Å². The summed E-state index contributed by atoms with van der Waals surface area (Å²) in [5.41, 5.74) is 4.75. The molecule has 0 spiro atoms. The average Bonchev–Trinajstić information content (AvgIpc) is 2.80. The van der Waals surface area contributed by atoms with Crippen LogP contribution >= 0.6 is 0 Å². The van der Waals surface area contributed by atoms with Crippen molar-refractivity contribution in [2.45, 2.75) is 32.4 Å². The topological polar surface area (TPSA) is 79.8 Å².